The fourth-order valence-electron chi connectivity index (χ4n) is 5.80. The fraction of sp³-hybridized carbons (Fsp3) is 0.462. The van der Waals surface area contributed by atoms with Gasteiger partial charge >= 0.3 is 5.69 Å². The van der Waals surface area contributed by atoms with Crippen molar-refractivity contribution in [2.24, 2.45) is 0 Å². The van der Waals surface area contributed by atoms with Crippen LogP contribution in [-0.4, -0.2) is 40.1 Å². The Hall–Kier alpha value is -2.86. The molecule has 1 N–H and O–H groups in total. The van der Waals surface area contributed by atoms with Crippen LogP contribution in [0.5, 0.6) is 0 Å². The first-order chi connectivity index (χ1) is 15.6. The lowest BCUT2D eigenvalue weighted by Crippen LogP contribution is -2.41. The van der Waals surface area contributed by atoms with Crippen molar-refractivity contribution in [3.8, 4) is 0 Å². The van der Waals surface area contributed by atoms with Gasteiger partial charge in [-0.3, -0.25) is 18.8 Å². The van der Waals surface area contributed by atoms with E-state index in [1.54, 1.807) is 17.2 Å². The summed E-state index contributed by atoms with van der Waals surface area (Å²) in [7, 11) is 1.60. The Balaban J connectivity index is 1.40. The van der Waals surface area contributed by atoms with Crippen LogP contribution in [0, 0.1) is 6.92 Å². The monoisotopic (exact) mass is 432 g/mol. The molecule has 1 atom stereocenters. The zero-order chi connectivity index (χ0) is 22.2. The van der Waals surface area contributed by atoms with E-state index in [1.165, 1.54) is 30.4 Å². The lowest BCUT2D eigenvalue weighted by atomic mass is 9.83. The van der Waals surface area contributed by atoms with Crippen LogP contribution < -0.4 is 11.0 Å². The highest BCUT2D eigenvalue weighted by molar-refractivity contribution is 5.80. The van der Waals surface area contributed by atoms with Crippen LogP contribution in [0.15, 0.2) is 47.3 Å². The Morgan fingerprint density at radius 1 is 1.03 bits per heavy atom. The van der Waals surface area contributed by atoms with E-state index < -0.39 is 0 Å². The van der Waals surface area contributed by atoms with Gasteiger partial charge in [-0.15, -0.1) is 0 Å². The normalized spacial score (nSPS) is 19.8. The molecule has 168 valence electrons. The molecule has 0 unspecified atom stereocenters. The third-order valence-electron chi connectivity index (χ3n) is 7.46. The van der Waals surface area contributed by atoms with E-state index in [1.807, 2.05) is 28.8 Å². The van der Waals surface area contributed by atoms with Gasteiger partial charge in [-0.2, -0.15) is 0 Å². The SMILES string of the molecule is CNC(=O)Cn1c(=O)n(C2CCN([C@H]3CCCc4c(C)cccc43)CC2)c2ccccc21. The van der Waals surface area contributed by atoms with Crippen molar-refractivity contribution >= 4 is 16.9 Å². The predicted octanol–water partition coefficient (Wildman–Crippen LogP) is 3.57. The Bertz CT molecular complexity index is 1200. The van der Waals surface area contributed by atoms with Crippen LogP contribution >= 0.6 is 0 Å². The van der Waals surface area contributed by atoms with Gasteiger partial charge in [0.25, 0.3) is 0 Å². The number of amides is 1. The van der Waals surface area contributed by atoms with E-state index in [4.69, 9.17) is 0 Å². The number of aromatic nitrogens is 2. The second-order valence-corrected chi connectivity index (χ2v) is 9.22. The van der Waals surface area contributed by atoms with Crippen LogP contribution in [0.25, 0.3) is 11.0 Å². The van der Waals surface area contributed by atoms with Gasteiger partial charge in [-0.25, -0.2) is 4.79 Å². The summed E-state index contributed by atoms with van der Waals surface area (Å²) in [4.78, 5) is 28.0. The van der Waals surface area contributed by atoms with Crippen molar-refractivity contribution in [3.05, 3.63) is 69.6 Å². The summed E-state index contributed by atoms with van der Waals surface area (Å²) in [5.41, 5.74) is 6.15. The number of nitrogens with zero attached hydrogens (tertiary/aromatic N) is 3. The smallest absolute Gasteiger partial charge is 0.329 e. The third kappa shape index (κ3) is 3.56. The first kappa shape index (κ1) is 21.0. The molecule has 5 rings (SSSR count). The van der Waals surface area contributed by atoms with Gasteiger partial charge in [0.2, 0.25) is 5.91 Å². The van der Waals surface area contributed by atoms with Crippen LogP contribution in [0.4, 0.5) is 0 Å². The molecule has 0 radical (unpaired) electrons. The Morgan fingerprint density at radius 3 is 2.53 bits per heavy atom. The Morgan fingerprint density at radius 2 is 1.78 bits per heavy atom. The van der Waals surface area contributed by atoms with Gasteiger partial charge < -0.3 is 5.32 Å². The number of piperidine rings is 1. The van der Waals surface area contributed by atoms with Gasteiger partial charge in [0.15, 0.2) is 0 Å². The summed E-state index contributed by atoms with van der Waals surface area (Å²) >= 11 is 0. The molecule has 0 bridgehead atoms. The second kappa shape index (κ2) is 8.58. The summed E-state index contributed by atoms with van der Waals surface area (Å²) in [6.07, 6.45) is 5.55. The molecular formula is C26H32N4O2. The second-order valence-electron chi connectivity index (χ2n) is 9.22. The van der Waals surface area contributed by atoms with E-state index >= 15 is 0 Å². The van der Waals surface area contributed by atoms with Crippen LogP contribution in [-0.2, 0) is 17.8 Å². The third-order valence-corrected chi connectivity index (χ3v) is 7.46. The van der Waals surface area contributed by atoms with Gasteiger partial charge in [0.1, 0.15) is 6.54 Å². The molecule has 1 aliphatic carbocycles. The number of hydrogen-bond donors (Lipinski definition) is 1. The van der Waals surface area contributed by atoms with E-state index in [2.05, 4.69) is 35.3 Å². The molecule has 6 nitrogen and oxygen atoms in total. The number of likely N-dealkylation sites (N-methyl/N-ethyl adjacent to an activating group) is 1. The number of carbonyl (C=O) groups is 1. The Labute approximate surface area is 188 Å². The van der Waals surface area contributed by atoms with Gasteiger partial charge in [0.05, 0.1) is 11.0 Å². The molecule has 2 heterocycles. The van der Waals surface area contributed by atoms with Gasteiger partial charge in [-0.1, -0.05) is 30.3 Å². The van der Waals surface area contributed by atoms with Crippen LogP contribution in [0.1, 0.15) is 54.5 Å². The number of aryl methyl sites for hydroxylation is 1. The molecule has 32 heavy (non-hydrogen) atoms. The number of para-hydroxylation sites is 2. The summed E-state index contributed by atoms with van der Waals surface area (Å²) in [6, 6.07) is 15.2. The van der Waals surface area contributed by atoms with E-state index in [9.17, 15) is 9.59 Å². The number of imidazole rings is 1. The van der Waals surface area contributed by atoms with Gasteiger partial charge in [-0.05, 0) is 67.9 Å². The summed E-state index contributed by atoms with van der Waals surface area (Å²) in [5, 5.41) is 2.63. The molecule has 1 aliphatic heterocycles. The number of hydrogen-bond acceptors (Lipinski definition) is 3. The number of likely N-dealkylation sites (tertiary alicyclic amines) is 1. The minimum Gasteiger partial charge on any atom is -0.358 e. The summed E-state index contributed by atoms with van der Waals surface area (Å²) in [5.74, 6) is -0.156. The van der Waals surface area contributed by atoms with Crippen LogP contribution in [0.2, 0.25) is 0 Å². The minimum absolute atomic E-state index is 0.0555. The van der Waals surface area contributed by atoms with Crippen LogP contribution in [0.3, 0.4) is 0 Å². The molecule has 0 spiro atoms. The quantitative estimate of drug-likeness (QED) is 0.686. The van der Waals surface area contributed by atoms with Crippen molar-refractivity contribution < 1.29 is 4.79 Å². The summed E-state index contributed by atoms with van der Waals surface area (Å²) in [6.45, 7) is 4.27. The first-order valence-electron chi connectivity index (χ1n) is 11.8. The average Bonchev–Trinajstić information content (AvgIpc) is 3.10. The summed E-state index contributed by atoms with van der Waals surface area (Å²) < 4.78 is 3.55. The number of fused-ring (bicyclic) bond motifs is 2. The standard InChI is InChI=1S/C26H32N4O2/c1-18-7-5-9-21-20(18)8-6-12-22(21)28-15-13-19(14-16-28)30-24-11-4-3-10-23(24)29(26(30)32)17-25(31)27-2/h3-5,7,9-11,19,22H,6,8,12-17H2,1-2H3,(H,27,31)/t22-/m0/s1. The highest BCUT2D eigenvalue weighted by atomic mass is 16.2. The van der Waals surface area contributed by atoms with E-state index in [0.29, 0.717) is 6.04 Å². The number of nitrogens with one attached hydrogen (secondary N) is 1. The molecule has 1 fully saturated rings. The van der Waals surface area contributed by atoms with Crippen molar-refractivity contribution in [1.29, 1.82) is 0 Å². The topological polar surface area (TPSA) is 59.3 Å². The molecule has 1 aromatic heterocycles. The molecule has 1 saturated heterocycles. The lowest BCUT2D eigenvalue weighted by Gasteiger charge is -2.40. The van der Waals surface area contributed by atoms with E-state index in [0.717, 1.165) is 37.0 Å². The number of carbonyl (C=O) groups excluding carboxylic acids is 1. The van der Waals surface area contributed by atoms with Crippen molar-refractivity contribution in [1.82, 2.24) is 19.4 Å². The van der Waals surface area contributed by atoms with Gasteiger partial charge in [0, 0.05) is 32.2 Å². The van der Waals surface area contributed by atoms with E-state index in [-0.39, 0.29) is 24.2 Å². The first-order valence-corrected chi connectivity index (χ1v) is 11.8. The molecule has 6 heteroatoms. The largest absolute Gasteiger partial charge is 0.358 e. The predicted molar refractivity (Wildman–Crippen MR) is 127 cm³/mol. The molecule has 1 amide bonds. The molecule has 2 aromatic carbocycles. The average molecular weight is 433 g/mol. The number of rotatable bonds is 4. The zero-order valence-electron chi connectivity index (χ0n) is 19.0. The van der Waals surface area contributed by atoms with Crippen molar-refractivity contribution in [2.75, 3.05) is 20.1 Å². The lowest BCUT2D eigenvalue weighted by molar-refractivity contribution is -0.121. The maximum Gasteiger partial charge on any atom is 0.329 e. The molecule has 2 aliphatic rings. The maximum absolute atomic E-state index is 13.4. The highest BCUT2D eigenvalue weighted by Gasteiger charge is 2.31. The molecular weight excluding hydrogens is 400 g/mol. The highest BCUT2D eigenvalue weighted by Crippen LogP contribution is 2.38. The fourth-order valence-corrected chi connectivity index (χ4v) is 5.80. The van der Waals surface area contributed by atoms with Crippen molar-refractivity contribution in [3.63, 3.8) is 0 Å². The minimum atomic E-state index is -0.156. The molecule has 3 aromatic rings. The zero-order valence-corrected chi connectivity index (χ0v) is 19.0. The Kier molecular flexibility index (Phi) is 5.64. The number of benzene rings is 2. The molecule has 0 saturated carbocycles. The maximum atomic E-state index is 13.4. The van der Waals surface area contributed by atoms with Crippen molar-refractivity contribution in [2.45, 2.75) is 57.7 Å².